The van der Waals surface area contributed by atoms with E-state index in [0.717, 1.165) is 11.4 Å². The Hall–Kier alpha value is -0.930. The molecule has 0 saturated carbocycles. The van der Waals surface area contributed by atoms with Crippen molar-refractivity contribution < 1.29 is 35.5 Å². The van der Waals surface area contributed by atoms with Gasteiger partial charge in [-0.15, -0.1) is 0 Å². The van der Waals surface area contributed by atoms with Crippen molar-refractivity contribution in [1.29, 1.82) is 0 Å². The van der Waals surface area contributed by atoms with Crippen LogP contribution < -0.4 is 5.32 Å². The lowest BCUT2D eigenvalue weighted by Gasteiger charge is -2.28. The van der Waals surface area contributed by atoms with Crippen LogP contribution in [0.25, 0.3) is 0 Å². The fourth-order valence-electron chi connectivity index (χ4n) is 1.24. The minimum absolute atomic E-state index is 0.178. The van der Waals surface area contributed by atoms with Crippen molar-refractivity contribution >= 4 is 46.4 Å². The van der Waals surface area contributed by atoms with Crippen molar-refractivity contribution in [2.24, 2.45) is 0 Å². The van der Waals surface area contributed by atoms with Gasteiger partial charge in [-0.3, -0.25) is 4.79 Å². The average molecular weight is 392 g/mol. The van der Waals surface area contributed by atoms with Crippen molar-refractivity contribution in [2.75, 3.05) is 5.32 Å². The number of carbonyl (C=O) groups is 1. The molecule has 0 aliphatic carbocycles. The number of halogens is 10. The summed E-state index contributed by atoms with van der Waals surface area (Å²) < 4.78 is 87.6. The van der Waals surface area contributed by atoms with Crippen LogP contribution in [0.5, 0.6) is 0 Å². The topological polar surface area (TPSA) is 29.1 Å². The number of alkyl halides is 7. The van der Waals surface area contributed by atoms with Crippen LogP contribution in [0.3, 0.4) is 0 Å². The highest BCUT2D eigenvalue weighted by Gasteiger charge is 2.77. The largest absolute Gasteiger partial charge is 0.441 e. The Morgan fingerprint density at radius 2 is 1.23 bits per heavy atom. The molecule has 0 spiro atoms. The number of nitrogens with one attached hydrogen (secondary N) is 1. The maximum atomic E-state index is 13.4. The Morgan fingerprint density at radius 3 is 1.64 bits per heavy atom. The van der Waals surface area contributed by atoms with E-state index in [2.05, 4.69) is 0 Å². The SMILES string of the molecule is O=C(Nc1cc(Cl)c(Cl)cc1Cl)C(F)(C(F)(F)F)C(F)(F)F. The summed E-state index contributed by atoms with van der Waals surface area (Å²) in [5.74, 6) is -3.01. The molecule has 124 valence electrons. The second kappa shape index (κ2) is 5.93. The van der Waals surface area contributed by atoms with E-state index in [9.17, 15) is 35.5 Å². The molecule has 0 atom stereocenters. The van der Waals surface area contributed by atoms with Crippen molar-refractivity contribution in [2.45, 2.75) is 18.0 Å². The van der Waals surface area contributed by atoms with Crippen molar-refractivity contribution in [3.63, 3.8) is 0 Å². The maximum Gasteiger partial charge on any atom is 0.441 e. The van der Waals surface area contributed by atoms with E-state index in [1.54, 1.807) is 0 Å². The molecule has 22 heavy (non-hydrogen) atoms. The normalized spacial score (nSPS) is 13.2. The Balaban J connectivity index is 3.28. The molecule has 0 fully saturated rings. The highest BCUT2D eigenvalue weighted by Crippen LogP contribution is 2.47. The minimum Gasteiger partial charge on any atom is -0.321 e. The van der Waals surface area contributed by atoms with Gasteiger partial charge >= 0.3 is 18.0 Å². The summed E-state index contributed by atoms with van der Waals surface area (Å²) in [5, 5.41) is 0.0633. The molecule has 1 aromatic carbocycles. The molecule has 2 nitrogen and oxygen atoms in total. The fourth-order valence-corrected chi connectivity index (χ4v) is 1.84. The molecule has 12 heteroatoms. The van der Waals surface area contributed by atoms with Gasteiger partial charge < -0.3 is 5.32 Å². The van der Waals surface area contributed by atoms with Gasteiger partial charge in [-0.25, -0.2) is 4.39 Å². The summed E-state index contributed by atoms with van der Waals surface area (Å²) in [7, 11) is 0. The number of anilines is 1. The molecule has 0 aliphatic heterocycles. The monoisotopic (exact) mass is 391 g/mol. The number of carbonyl (C=O) groups excluding carboxylic acids is 1. The van der Waals surface area contributed by atoms with Crippen molar-refractivity contribution in [3.05, 3.63) is 27.2 Å². The molecule has 0 bridgehead atoms. The zero-order chi connectivity index (χ0) is 17.5. The quantitative estimate of drug-likeness (QED) is 0.529. The summed E-state index contributed by atoms with van der Waals surface area (Å²) in [6, 6.07) is 1.53. The smallest absolute Gasteiger partial charge is 0.321 e. The molecule has 0 saturated heterocycles. The number of benzene rings is 1. The van der Waals surface area contributed by atoms with E-state index in [4.69, 9.17) is 34.8 Å². The first-order valence-corrected chi connectivity index (χ1v) is 6.13. The molecule has 0 unspecified atom stereocenters. The van der Waals surface area contributed by atoms with Gasteiger partial charge in [0.1, 0.15) is 0 Å². The van der Waals surface area contributed by atoms with Gasteiger partial charge in [0, 0.05) is 0 Å². The molecule has 0 aromatic heterocycles. The molecule has 0 heterocycles. The Kier molecular flexibility index (Phi) is 5.16. The van der Waals surface area contributed by atoms with Gasteiger partial charge in [0.15, 0.2) is 0 Å². The van der Waals surface area contributed by atoms with E-state index in [-0.39, 0.29) is 10.0 Å². The van der Waals surface area contributed by atoms with Crippen LogP contribution in [-0.2, 0) is 4.79 Å². The van der Waals surface area contributed by atoms with Gasteiger partial charge in [0.2, 0.25) is 0 Å². The van der Waals surface area contributed by atoms with Crippen molar-refractivity contribution in [3.8, 4) is 0 Å². The predicted octanol–water partition coefficient (Wildman–Crippen LogP) is 5.42. The van der Waals surface area contributed by atoms with Gasteiger partial charge in [0.05, 0.1) is 20.8 Å². The molecular weight excluding hydrogens is 389 g/mol. The number of hydrogen-bond acceptors (Lipinski definition) is 1. The first-order valence-electron chi connectivity index (χ1n) is 5.00. The summed E-state index contributed by atoms with van der Waals surface area (Å²) in [6.45, 7) is 0. The molecular formula is C10H3Cl3F7NO. The number of rotatable bonds is 2. The Morgan fingerprint density at radius 1 is 0.818 bits per heavy atom. The third-order valence-electron chi connectivity index (χ3n) is 2.35. The standard InChI is InChI=1S/C10H3Cl3F7NO/c11-3-1-5(13)6(2-4(3)12)21-7(22)8(14,9(15,16)17)10(18,19)20/h1-2H,(H,21,22). The van der Waals surface area contributed by atoms with Gasteiger partial charge in [-0.1, -0.05) is 34.8 Å². The van der Waals surface area contributed by atoms with Crippen LogP contribution in [0.1, 0.15) is 0 Å². The number of amides is 1. The second-order valence-electron chi connectivity index (χ2n) is 3.85. The Bertz CT molecular complexity index is 585. The highest BCUT2D eigenvalue weighted by molar-refractivity contribution is 6.44. The molecule has 0 radical (unpaired) electrons. The van der Waals surface area contributed by atoms with Gasteiger partial charge in [0.25, 0.3) is 5.91 Å². The Labute approximate surface area is 133 Å². The first kappa shape index (κ1) is 19.1. The zero-order valence-corrected chi connectivity index (χ0v) is 12.1. The summed E-state index contributed by atoms with van der Waals surface area (Å²) in [5.41, 5.74) is -6.88. The van der Waals surface area contributed by atoms with E-state index < -0.39 is 34.6 Å². The van der Waals surface area contributed by atoms with Crippen LogP contribution in [0.2, 0.25) is 15.1 Å². The van der Waals surface area contributed by atoms with Gasteiger partial charge in [-0.2, -0.15) is 26.3 Å². The molecule has 0 aliphatic rings. The summed E-state index contributed by atoms with van der Waals surface area (Å²) >= 11 is 16.5. The van der Waals surface area contributed by atoms with Crippen LogP contribution in [0, 0.1) is 0 Å². The van der Waals surface area contributed by atoms with Gasteiger partial charge in [-0.05, 0) is 12.1 Å². The lowest BCUT2D eigenvalue weighted by atomic mass is 10.0. The molecule has 1 rings (SSSR count). The lowest BCUT2D eigenvalue weighted by molar-refractivity contribution is -0.324. The van der Waals surface area contributed by atoms with Crippen LogP contribution in [0.15, 0.2) is 12.1 Å². The first-order chi connectivity index (χ1) is 9.71. The zero-order valence-electron chi connectivity index (χ0n) is 9.84. The molecule has 1 N–H and O–H groups in total. The predicted molar refractivity (Wildman–Crippen MR) is 66.1 cm³/mol. The van der Waals surface area contributed by atoms with E-state index in [1.807, 2.05) is 0 Å². The maximum absolute atomic E-state index is 13.4. The van der Waals surface area contributed by atoms with Crippen LogP contribution in [0.4, 0.5) is 36.4 Å². The fraction of sp³-hybridized carbons (Fsp3) is 0.300. The summed E-state index contributed by atoms with van der Waals surface area (Å²) in [6.07, 6.45) is -13.1. The van der Waals surface area contributed by atoms with E-state index in [0.29, 0.717) is 6.07 Å². The lowest BCUT2D eigenvalue weighted by Crippen LogP contribution is -2.60. The highest BCUT2D eigenvalue weighted by atomic mass is 35.5. The van der Waals surface area contributed by atoms with E-state index in [1.165, 1.54) is 0 Å². The molecule has 1 aromatic rings. The number of hydrogen-bond donors (Lipinski definition) is 1. The van der Waals surface area contributed by atoms with Crippen LogP contribution in [-0.4, -0.2) is 23.9 Å². The third kappa shape index (κ3) is 3.36. The summed E-state index contributed by atoms with van der Waals surface area (Å²) in [4.78, 5) is 11.2. The average Bonchev–Trinajstić information content (AvgIpc) is 2.31. The van der Waals surface area contributed by atoms with E-state index >= 15 is 0 Å². The van der Waals surface area contributed by atoms with Crippen LogP contribution >= 0.6 is 34.8 Å². The second-order valence-corrected chi connectivity index (χ2v) is 5.08. The van der Waals surface area contributed by atoms with Crippen molar-refractivity contribution in [1.82, 2.24) is 0 Å². The third-order valence-corrected chi connectivity index (χ3v) is 3.39. The molecule has 1 amide bonds. The minimum atomic E-state index is -6.53.